The van der Waals surface area contributed by atoms with E-state index in [1.807, 2.05) is 0 Å². The number of ether oxygens (including phenoxy) is 2. The maximum atomic E-state index is 13.4. The first-order chi connectivity index (χ1) is 13.5. The number of aryl methyl sites for hydroxylation is 1. The van der Waals surface area contributed by atoms with Crippen molar-refractivity contribution in [2.75, 3.05) is 24.9 Å². The molecule has 0 saturated heterocycles. The van der Waals surface area contributed by atoms with Gasteiger partial charge in [0.05, 0.1) is 19.9 Å². The zero-order chi connectivity index (χ0) is 20.1. The van der Waals surface area contributed by atoms with Crippen LogP contribution in [0.15, 0.2) is 48.5 Å². The highest BCUT2D eigenvalue weighted by atomic mass is 19.1. The average Bonchev–Trinajstić information content (AvgIpc) is 2.67. The summed E-state index contributed by atoms with van der Waals surface area (Å²) in [6.45, 7) is 1.74. The Morgan fingerprint density at radius 1 is 1.04 bits per heavy atom. The Hall–Kier alpha value is -3.68. The Labute approximate surface area is 161 Å². The molecule has 0 unspecified atom stereocenters. The SMILES string of the molecule is COc1ccc(OC)c(NC(=O)c2cc(C)nc(Nc3cccc(F)c3)n2)c1. The molecule has 1 amide bonds. The van der Waals surface area contributed by atoms with E-state index in [0.29, 0.717) is 28.6 Å². The lowest BCUT2D eigenvalue weighted by Crippen LogP contribution is -2.16. The predicted octanol–water partition coefficient (Wildman–Crippen LogP) is 3.94. The van der Waals surface area contributed by atoms with Gasteiger partial charge in [0.2, 0.25) is 5.95 Å². The summed E-state index contributed by atoms with van der Waals surface area (Å²) in [6, 6.07) is 12.5. The van der Waals surface area contributed by atoms with Crippen molar-refractivity contribution >= 4 is 23.2 Å². The fourth-order valence-electron chi connectivity index (χ4n) is 2.53. The van der Waals surface area contributed by atoms with E-state index in [0.717, 1.165) is 0 Å². The van der Waals surface area contributed by atoms with Crippen LogP contribution < -0.4 is 20.1 Å². The number of hydrogen-bond donors (Lipinski definition) is 2. The van der Waals surface area contributed by atoms with Crippen LogP contribution in [0.4, 0.5) is 21.7 Å². The van der Waals surface area contributed by atoms with Gasteiger partial charge in [-0.1, -0.05) is 6.07 Å². The van der Waals surface area contributed by atoms with Crippen LogP contribution in [0.25, 0.3) is 0 Å². The number of amides is 1. The molecule has 3 rings (SSSR count). The van der Waals surface area contributed by atoms with Crippen molar-refractivity contribution < 1.29 is 18.7 Å². The van der Waals surface area contributed by atoms with Crippen molar-refractivity contribution in [2.45, 2.75) is 6.92 Å². The number of hydrogen-bond acceptors (Lipinski definition) is 6. The molecule has 0 aliphatic rings. The molecule has 1 aromatic heterocycles. The number of nitrogens with zero attached hydrogens (tertiary/aromatic N) is 2. The lowest BCUT2D eigenvalue weighted by molar-refractivity contribution is 0.102. The van der Waals surface area contributed by atoms with Gasteiger partial charge >= 0.3 is 0 Å². The molecule has 0 fully saturated rings. The van der Waals surface area contributed by atoms with Crippen molar-refractivity contribution in [1.29, 1.82) is 0 Å². The van der Waals surface area contributed by atoms with Crippen molar-refractivity contribution in [3.63, 3.8) is 0 Å². The maximum Gasteiger partial charge on any atom is 0.274 e. The second-order valence-corrected chi connectivity index (χ2v) is 5.87. The van der Waals surface area contributed by atoms with E-state index in [1.54, 1.807) is 43.3 Å². The molecule has 0 radical (unpaired) electrons. The Balaban J connectivity index is 1.85. The predicted molar refractivity (Wildman–Crippen MR) is 104 cm³/mol. The van der Waals surface area contributed by atoms with E-state index >= 15 is 0 Å². The van der Waals surface area contributed by atoms with Crippen LogP contribution in [0, 0.1) is 12.7 Å². The van der Waals surface area contributed by atoms with E-state index in [4.69, 9.17) is 9.47 Å². The minimum Gasteiger partial charge on any atom is -0.497 e. The molecule has 144 valence electrons. The minimum atomic E-state index is -0.445. The van der Waals surface area contributed by atoms with Crippen LogP contribution in [-0.2, 0) is 0 Å². The van der Waals surface area contributed by atoms with Gasteiger partial charge in [-0.15, -0.1) is 0 Å². The molecule has 0 aliphatic carbocycles. The number of benzene rings is 2. The number of methoxy groups -OCH3 is 2. The van der Waals surface area contributed by atoms with Gasteiger partial charge in [-0.25, -0.2) is 14.4 Å². The third kappa shape index (κ3) is 4.53. The number of nitrogens with one attached hydrogen (secondary N) is 2. The molecule has 0 aliphatic heterocycles. The van der Waals surface area contributed by atoms with Crippen LogP contribution in [-0.4, -0.2) is 30.1 Å². The average molecular weight is 382 g/mol. The van der Waals surface area contributed by atoms with E-state index in [-0.39, 0.29) is 17.5 Å². The van der Waals surface area contributed by atoms with Gasteiger partial charge in [-0.2, -0.15) is 0 Å². The zero-order valence-electron chi connectivity index (χ0n) is 15.6. The Bertz CT molecular complexity index is 1010. The lowest BCUT2D eigenvalue weighted by Gasteiger charge is -2.12. The van der Waals surface area contributed by atoms with Gasteiger partial charge < -0.3 is 20.1 Å². The summed E-state index contributed by atoms with van der Waals surface area (Å²) in [6.07, 6.45) is 0. The molecule has 0 spiro atoms. The summed E-state index contributed by atoms with van der Waals surface area (Å²) in [5.41, 5.74) is 1.65. The molecule has 0 saturated carbocycles. The molecule has 0 atom stereocenters. The van der Waals surface area contributed by atoms with Gasteiger partial charge in [-0.3, -0.25) is 4.79 Å². The summed E-state index contributed by atoms with van der Waals surface area (Å²) in [5.74, 6) is 0.412. The smallest absolute Gasteiger partial charge is 0.274 e. The van der Waals surface area contributed by atoms with Crippen LogP contribution in [0.3, 0.4) is 0 Å². The molecule has 2 N–H and O–H groups in total. The van der Waals surface area contributed by atoms with Crippen LogP contribution in [0.1, 0.15) is 16.2 Å². The summed E-state index contributed by atoms with van der Waals surface area (Å²) in [4.78, 5) is 21.2. The van der Waals surface area contributed by atoms with Gasteiger partial charge in [0.1, 0.15) is 23.0 Å². The second kappa shape index (κ2) is 8.34. The summed E-state index contributed by atoms with van der Waals surface area (Å²) in [5, 5.41) is 5.66. The number of anilines is 3. The van der Waals surface area contributed by atoms with Crippen molar-refractivity contribution in [1.82, 2.24) is 9.97 Å². The third-order valence-electron chi connectivity index (χ3n) is 3.82. The van der Waals surface area contributed by atoms with E-state index < -0.39 is 5.91 Å². The largest absolute Gasteiger partial charge is 0.497 e. The van der Waals surface area contributed by atoms with E-state index in [2.05, 4.69) is 20.6 Å². The topological polar surface area (TPSA) is 85.4 Å². The maximum absolute atomic E-state index is 13.4. The fraction of sp³-hybridized carbons (Fsp3) is 0.150. The lowest BCUT2D eigenvalue weighted by atomic mass is 10.2. The molecular formula is C20H19FN4O3. The highest BCUT2D eigenvalue weighted by Gasteiger charge is 2.14. The summed E-state index contributed by atoms with van der Waals surface area (Å²) in [7, 11) is 3.04. The molecule has 8 heteroatoms. The molecular weight excluding hydrogens is 363 g/mol. The number of carbonyl (C=O) groups excluding carboxylic acids is 1. The van der Waals surface area contributed by atoms with Gasteiger partial charge in [0.15, 0.2) is 0 Å². The molecule has 7 nitrogen and oxygen atoms in total. The molecule has 1 heterocycles. The number of rotatable bonds is 6. The van der Waals surface area contributed by atoms with E-state index in [9.17, 15) is 9.18 Å². The van der Waals surface area contributed by atoms with Gasteiger partial charge in [-0.05, 0) is 43.3 Å². The molecule has 3 aromatic rings. The second-order valence-electron chi connectivity index (χ2n) is 5.87. The first kappa shape index (κ1) is 19.1. The Morgan fingerprint density at radius 2 is 1.86 bits per heavy atom. The van der Waals surface area contributed by atoms with E-state index in [1.165, 1.54) is 26.4 Å². The number of aromatic nitrogens is 2. The monoisotopic (exact) mass is 382 g/mol. The highest BCUT2D eigenvalue weighted by Crippen LogP contribution is 2.29. The zero-order valence-corrected chi connectivity index (χ0v) is 15.6. The van der Waals surface area contributed by atoms with Gasteiger partial charge in [0.25, 0.3) is 5.91 Å². The third-order valence-corrected chi connectivity index (χ3v) is 3.82. The van der Waals surface area contributed by atoms with Gasteiger partial charge in [0, 0.05) is 17.4 Å². The number of halogens is 1. The first-order valence-electron chi connectivity index (χ1n) is 8.40. The molecule has 0 bridgehead atoms. The normalized spacial score (nSPS) is 10.3. The Morgan fingerprint density at radius 3 is 2.57 bits per heavy atom. The Kier molecular flexibility index (Phi) is 5.69. The highest BCUT2D eigenvalue weighted by molar-refractivity contribution is 6.04. The molecule has 2 aromatic carbocycles. The number of carbonyl (C=O) groups is 1. The minimum absolute atomic E-state index is 0.149. The first-order valence-corrected chi connectivity index (χ1v) is 8.40. The van der Waals surface area contributed by atoms with Crippen LogP contribution in [0.2, 0.25) is 0 Å². The van der Waals surface area contributed by atoms with Crippen LogP contribution >= 0.6 is 0 Å². The summed E-state index contributed by atoms with van der Waals surface area (Å²) < 4.78 is 23.8. The van der Waals surface area contributed by atoms with Crippen LogP contribution in [0.5, 0.6) is 11.5 Å². The quantitative estimate of drug-likeness (QED) is 0.672. The fourth-order valence-corrected chi connectivity index (χ4v) is 2.53. The molecule has 28 heavy (non-hydrogen) atoms. The standard InChI is InChI=1S/C20H19FN4O3/c1-12-9-17(25-20(22-12)23-14-6-4-5-13(21)10-14)19(26)24-16-11-15(27-2)7-8-18(16)28-3/h4-11H,1-3H3,(H,24,26)(H,22,23,25). The summed E-state index contributed by atoms with van der Waals surface area (Å²) >= 11 is 0. The van der Waals surface area contributed by atoms with Crippen molar-refractivity contribution in [3.05, 3.63) is 65.7 Å². The van der Waals surface area contributed by atoms with Crippen molar-refractivity contribution in [3.8, 4) is 11.5 Å². The van der Waals surface area contributed by atoms with Crippen molar-refractivity contribution in [2.24, 2.45) is 0 Å².